The Morgan fingerprint density at radius 2 is 1.80 bits per heavy atom. The first-order valence-electron chi connectivity index (χ1n) is 9.16. The lowest BCUT2D eigenvalue weighted by molar-refractivity contribution is -0.115. The molecule has 6 heteroatoms. The van der Waals surface area contributed by atoms with E-state index in [0.29, 0.717) is 5.56 Å². The number of halogens is 1. The van der Waals surface area contributed by atoms with Gasteiger partial charge in [-0.2, -0.15) is 4.99 Å². The van der Waals surface area contributed by atoms with Gasteiger partial charge in [-0.1, -0.05) is 42.0 Å². The van der Waals surface area contributed by atoms with Gasteiger partial charge in [0.1, 0.15) is 11.6 Å². The Kier molecular flexibility index (Phi) is 5.22. The monoisotopic (exact) mass is 401 g/mol. The number of aliphatic imine (C=N–C) groups is 1. The summed E-state index contributed by atoms with van der Waals surface area (Å²) in [4.78, 5) is 28.2. The van der Waals surface area contributed by atoms with Gasteiger partial charge in [0, 0.05) is 5.56 Å². The third-order valence-corrected chi connectivity index (χ3v) is 4.37. The summed E-state index contributed by atoms with van der Waals surface area (Å²) in [5.41, 5.74) is 2.27. The van der Waals surface area contributed by atoms with Gasteiger partial charge < -0.3 is 9.47 Å². The van der Waals surface area contributed by atoms with Crippen LogP contribution in [0.4, 0.5) is 4.39 Å². The number of hydrogen-bond donors (Lipinski definition) is 0. The molecule has 5 nitrogen and oxygen atoms in total. The second-order valence-corrected chi connectivity index (χ2v) is 6.64. The van der Waals surface area contributed by atoms with Crippen molar-refractivity contribution in [2.75, 3.05) is 0 Å². The number of benzene rings is 3. The highest BCUT2D eigenvalue weighted by Gasteiger charge is 2.24. The third kappa shape index (κ3) is 4.17. The Morgan fingerprint density at radius 3 is 2.53 bits per heavy atom. The van der Waals surface area contributed by atoms with Crippen molar-refractivity contribution in [2.45, 2.75) is 6.92 Å². The van der Waals surface area contributed by atoms with Crippen molar-refractivity contribution in [2.24, 2.45) is 4.99 Å². The maximum atomic E-state index is 13.7. The number of rotatable bonds is 4. The second-order valence-electron chi connectivity index (χ2n) is 6.64. The molecule has 0 unspecified atom stereocenters. The number of amides is 1. The first-order valence-corrected chi connectivity index (χ1v) is 9.16. The van der Waals surface area contributed by atoms with Crippen molar-refractivity contribution in [3.63, 3.8) is 0 Å². The van der Waals surface area contributed by atoms with Crippen molar-refractivity contribution in [1.29, 1.82) is 0 Å². The number of hydrogen-bond acceptors (Lipinski definition) is 4. The lowest BCUT2D eigenvalue weighted by atomic mass is 10.1. The number of carbonyl (C=O) groups excluding carboxylic acids is 2. The lowest BCUT2D eigenvalue weighted by Crippen LogP contribution is -2.10. The van der Waals surface area contributed by atoms with Gasteiger partial charge >= 0.3 is 11.9 Å². The number of aryl methyl sites for hydroxylation is 1. The molecule has 3 aromatic rings. The largest absolute Gasteiger partial charge is 0.432 e. The molecule has 0 saturated heterocycles. The van der Waals surface area contributed by atoms with Gasteiger partial charge in [0.15, 0.2) is 5.76 Å². The fourth-order valence-corrected chi connectivity index (χ4v) is 2.88. The van der Waals surface area contributed by atoms with E-state index in [4.69, 9.17) is 9.47 Å². The van der Waals surface area contributed by atoms with Crippen LogP contribution in [0.3, 0.4) is 0 Å². The topological polar surface area (TPSA) is 65.0 Å². The summed E-state index contributed by atoms with van der Waals surface area (Å²) in [6.45, 7) is 1.94. The molecule has 0 aromatic heterocycles. The molecule has 0 aliphatic carbocycles. The molecule has 0 fully saturated rings. The van der Waals surface area contributed by atoms with Crippen molar-refractivity contribution < 1.29 is 23.5 Å². The minimum absolute atomic E-state index is 0.0996. The maximum absolute atomic E-state index is 13.7. The van der Waals surface area contributed by atoms with Crippen LogP contribution in [0.1, 0.15) is 27.0 Å². The number of ether oxygens (including phenoxy) is 2. The molecule has 30 heavy (non-hydrogen) atoms. The first-order chi connectivity index (χ1) is 14.5. The molecule has 0 saturated carbocycles. The van der Waals surface area contributed by atoms with E-state index in [1.807, 2.05) is 31.2 Å². The van der Waals surface area contributed by atoms with E-state index in [9.17, 15) is 14.0 Å². The molecule has 0 radical (unpaired) electrons. The van der Waals surface area contributed by atoms with E-state index in [1.54, 1.807) is 36.4 Å². The standard InChI is InChI=1S/C24H16FNO4/c1-15-5-4-6-17(13-15)23-26-22(27)21(30-23)14-16-9-11-18(12-10-16)29-24(28)19-7-2-3-8-20(19)25/h2-14H,1H3/b21-14+. The Balaban J connectivity index is 1.46. The van der Waals surface area contributed by atoms with E-state index in [2.05, 4.69) is 4.99 Å². The SMILES string of the molecule is Cc1cccc(C2=NC(=O)/C(=C\c3ccc(OC(=O)c4ccccc4F)cc3)O2)c1. The Labute approximate surface area is 172 Å². The molecule has 0 N–H and O–H groups in total. The van der Waals surface area contributed by atoms with E-state index in [1.165, 1.54) is 18.2 Å². The van der Waals surface area contributed by atoms with E-state index < -0.39 is 17.7 Å². The summed E-state index contributed by atoms with van der Waals surface area (Å²) >= 11 is 0. The Morgan fingerprint density at radius 1 is 1.03 bits per heavy atom. The summed E-state index contributed by atoms with van der Waals surface area (Å²) in [5.74, 6) is -1.30. The third-order valence-electron chi connectivity index (χ3n) is 4.37. The zero-order valence-corrected chi connectivity index (χ0v) is 16.0. The highest BCUT2D eigenvalue weighted by atomic mass is 19.1. The molecular formula is C24H16FNO4. The summed E-state index contributed by atoms with van der Waals surface area (Å²) in [7, 11) is 0. The predicted octanol–water partition coefficient (Wildman–Crippen LogP) is 4.70. The van der Waals surface area contributed by atoms with Crippen LogP contribution in [0.25, 0.3) is 6.08 Å². The molecule has 148 valence electrons. The molecule has 1 heterocycles. The van der Waals surface area contributed by atoms with Gasteiger partial charge in [0.2, 0.25) is 5.90 Å². The summed E-state index contributed by atoms with van der Waals surface area (Å²) in [5, 5.41) is 0. The van der Waals surface area contributed by atoms with Gasteiger partial charge in [0.25, 0.3) is 0 Å². The maximum Gasteiger partial charge on any atom is 0.346 e. The fourth-order valence-electron chi connectivity index (χ4n) is 2.88. The van der Waals surface area contributed by atoms with Crippen LogP contribution in [-0.2, 0) is 9.53 Å². The molecule has 0 spiro atoms. The average molecular weight is 401 g/mol. The Bertz CT molecular complexity index is 1200. The van der Waals surface area contributed by atoms with Gasteiger partial charge in [-0.05, 0) is 55.0 Å². The zero-order valence-electron chi connectivity index (χ0n) is 16.0. The quantitative estimate of drug-likeness (QED) is 0.361. The molecule has 0 bridgehead atoms. The molecule has 1 aliphatic heterocycles. The summed E-state index contributed by atoms with van der Waals surface area (Å²) < 4.78 is 24.5. The zero-order chi connectivity index (χ0) is 21.1. The second kappa shape index (κ2) is 8.13. The van der Waals surface area contributed by atoms with E-state index in [0.717, 1.165) is 11.1 Å². The van der Waals surface area contributed by atoms with E-state index >= 15 is 0 Å². The van der Waals surface area contributed by atoms with E-state index in [-0.39, 0.29) is 23.0 Å². The molecule has 1 aliphatic rings. The van der Waals surface area contributed by atoms with Crippen LogP contribution in [0.5, 0.6) is 5.75 Å². The van der Waals surface area contributed by atoms with Crippen molar-refractivity contribution in [3.05, 3.63) is 107 Å². The highest BCUT2D eigenvalue weighted by Crippen LogP contribution is 2.22. The van der Waals surface area contributed by atoms with Crippen LogP contribution < -0.4 is 4.74 Å². The summed E-state index contributed by atoms with van der Waals surface area (Å²) in [6.07, 6.45) is 1.55. The number of carbonyl (C=O) groups is 2. The minimum Gasteiger partial charge on any atom is -0.432 e. The minimum atomic E-state index is -0.787. The van der Waals surface area contributed by atoms with Gasteiger partial charge in [0.05, 0.1) is 5.56 Å². The van der Waals surface area contributed by atoms with Crippen molar-refractivity contribution in [3.8, 4) is 5.75 Å². The smallest absolute Gasteiger partial charge is 0.346 e. The number of esters is 1. The average Bonchev–Trinajstić information content (AvgIpc) is 3.10. The van der Waals surface area contributed by atoms with Crippen LogP contribution in [0, 0.1) is 12.7 Å². The molecular weight excluding hydrogens is 385 g/mol. The van der Waals surface area contributed by atoms with Gasteiger partial charge in [-0.25, -0.2) is 9.18 Å². The Hall–Kier alpha value is -4.06. The van der Waals surface area contributed by atoms with Crippen LogP contribution >= 0.6 is 0 Å². The first kappa shape index (κ1) is 19.3. The van der Waals surface area contributed by atoms with Gasteiger partial charge in [-0.15, -0.1) is 0 Å². The van der Waals surface area contributed by atoms with Gasteiger partial charge in [-0.3, -0.25) is 4.79 Å². The van der Waals surface area contributed by atoms with Crippen molar-refractivity contribution in [1.82, 2.24) is 0 Å². The summed E-state index contributed by atoms with van der Waals surface area (Å²) in [6, 6.07) is 19.5. The van der Waals surface area contributed by atoms with Crippen LogP contribution in [0.2, 0.25) is 0 Å². The lowest BCUT2D eigenvalue weighted by Gasteiger charge is -2.06. The molecule has 1 amide bonds. The van der Waals surface area contributed by atoms with Crippen LogP contribution in [-0.4, -0.2) is 17.8 Å². The number of nitrogens with zero attached hydrogens (tertiary/aromatic N) is 1. The highest BCUT2D eigenvalue weighted by molar-refractivity contribution is 6.14. The fraction of sp³-hybridized carbons (Fsp3) is 0.0417. The normalized spacial score (nSPS) is 14.4. The molecule has 4 rings (SSSR count). The molecule has 0 atom stereocenters. The molecule has 3 aromatic carbocycles. The predicted molar refractivity (Wildman–Crippen MR) is 110 cm³/mol. The van der Waals surface area contributed by atoms with Crippen molar-refractivity contribution >= 4 is 23.9 Å². The van der Waals surface area contributed by atoms with Crippen LogP contribution in [0.15, 0.2) is 83.5 Å².